The second-order valence-electron chi connectivity index (χ2n) is 4.85. The molecular formula is C17H22IN3O. The summed E-state index contributed by atoms with van der Waals surface area (Å²) in [7, 11) is 0. The van der Waals surface area contributed by atoms with Gasteiger partial charge in [-0.3, -0.25) is 0 Å². The minimum Gasteiger partial charge on any atom is -0.492 e. The topological polar surface area (TPSA) is 59.6 Å². The Labute approximate surface area is 148 Å². The normalized spacial score (nSPS) is 10.7. The Balaban J connectivity index is 0.00000242. The number of para-hydroxylation sites is 1. The molecule has 0 spiro atoms. The van der Waals surface area contributed by atoms with Crippen LogP contribution in [0, 0.1) is 13.8 Å². The summed E-state index contributed by atoms with van der Waals surface area (Å²) in [5.74, 6) is 1.24. The van der Waals surface area contributed by atoms with Crippen LogP contribution in [-0.4, -0.2) is 19.1 Å². The highest BCUT2D eigenvalue weighted by Crippen LogP contribution is 2.13. The summed E-state index contributed by atoms with van der Waals surface area (Å²) in [4.78, 5) is 4.24. The molecule has 0 aliphatic carbocycles. The van der Waals surface area contributed by atoms with Crippen LogP contribution in [0.4, 0.5) is 5.69 Å². The fraction of sp³-hybridized carbons (Fsp3) is 0.235. The summed E-state index contributed by atoms with van der Waals surface area (Å²) in [5.41, 5.74) is 9.28. The van der Waals surface area contributed by atoms with Crippen LogP contribution in [0.2, 0.25) is 0 Å². The van der Waals surface area contributed by atoms with Crippen molar-refractivity contribution in [3.63, 3.8) is 0 Å². The number of hydrogen-bond acceptors (Lipinski definition) is 2. The average Bonchev–Trinajstić information content (AvgIpc) is 2.49. The zero-order chi connectivity index (χ0) is 15.1. The first-order chi connectivity index (χ1) is 10.1. The molecule has 118 valence electrons. The molecule has 0 bridgehead atoms. The Kier molecular flexibility index (Phi) is 7.73. The number of nitrogens with one attached hydrogen (secondary N) is 1. The fourth-order valence-electron chi connectivity index (χ4n) is 1.85. The average molecular weight is 411 g/mol. The Morgan fingerprint density at radius 1 is 1.09 bits per heavy atom. The van der Waals surface area contributed by atoms with Crippen LogP contribution in [0.1, 0.15) is 11.1 Å². The number of ether oxygens (including phenoxy) is 1. The van der Waals surface area contributed by atoms with E-state index in [0.717, 1.165) is 11.4 Å². The lowest BCUT2D eigenvalue weighted by molar-refractivity contribution is 0.329. The molecule has 5 heteroatoms. The summed E-state index contributed by atoms with van der Waals surface area (Å²) in [6, 6.07) is 15.8. The van der Waals surface area contributed by atoms with Crippen LogP contribution in [0.5, 0.6) is 5.75 Å². The van der Waals surface area contributed by atoms with Crippen LogP contribution >= 0.6 is 24.0 Å². The third kappa shape index (κ3) is 5.93. The van der Waals surface area contributed by atoms with Gasteiger partial charge in [0, 0.05) is 5.69 Å². The molecule has 0 aromatic heterocycles. The van der Waals surface area contributed by atoms with Gasteiger partial charge >= 0.3 is 0 Å². The molecule has 0 atom stereocenters. The number of aryl methyl sites for hydroxylation is 2. The predicted octanol–water partition coefficient (Wildman–Crippen LogP) is 3.73. The van der Waals surface area contributed by atoms with Gasteiger partial charge in [0.25, 0.3) is 0 Å². The molecule has 0 unspecified atom stereocenters. The Bertz CT molecular complexity index is 615. The lowest BCUT2D eigenvalue weighted by atomic mass is 10.1. The van der Waals surface area contributed by atoms with Crippen molar-refractivity contribution in [2.24, 2.45) is 10.7 Å². The molecule has 0 saturated carbocycles. The quantitative estimate of drug-likeness (QED) is 0.341. The van der Waals surface area contributed by atoms with Gasteiger partial charge in [-0.2, -0.15) is 0 Å². The summed E-state index contributed by atoms with van der Waals surface area (Å²) in [5, 5.41) is 3.08. The molecule has 4 nitrogen and oxygen atoms in total. The second-order valence-corrected chi connectivity index (χ2v) is 4.85. The maximum atomic E-state index is 5.86. The van der Waals surface area contributed by atoms with Crippen LogP contribution < -0.4 is 15.8 Å². The molecule has 3 N–H and O–H groups in total. The number of nitrogens with zero attached hydrogens (tertiary/aromatic N) is 1. The molecule has 0 aliphatic heterocycles. The van der Waals surface area contributed by atoms with Crippen molar-refractivity contribution < 1.29 is 4.74 Å². The molecule has 0 fully saturated rings. The maximum absolute atomic E-state index is 5.86. The van der Waals surface area contributed by atoms with Gasteiger partial charge in [0.1, 0.15) is 12.4 Å². The van der Waals surface area contributed by atoms with Gasteiger partial charge < -0.3 is 15.8 Å². The third-order valence-electron chi connectivity index (χ3n) is 3.16. The molecule has 2 rings (SSSR count). The molecule has 22 heavy (non-hydrogen) atoms. The van der Waals surface area contributed by atoms with E-state index in [1.165, 1.54) is 11.1 Å². The van der Waals surface area contributed by atoms with Gasteiger partial charge in [0.2, 0.25) is 0 Å². The van der Waals surface area contributed by atoms with Crippen molar-refractivity contribution in [3.05, 3.63) is 59.7 Å². The number of guanidine groups is 1. The lowest BCUT2D eigenvalue weighted by Gasteiger charge is -2.08. The monoisotopic (exact) mass is 411 g/mol. The Hall–Kier alpha value is -1.76. The lowest BCUT2D eigenvalue weighted by Crippen LogP contribution is -2.23. The molecule has 0 amide bonds. The summed E-state index contributed by atoms with van der Waals surface area (Å²) < 4.78 is 5.55. The van der Waals surface area contributed by atoms with Crippen LogP contribution in [-0.2, 0) is 0 Å². The largest absolute Gasteiger partial charge is 0.492 e. The SMILES string of the molecule is Cc1ccc(NC(N)=NCCOc2ccccc2)cc1C.I. The van der Waals surface area contributed by atoms with Crippen LogP contribution in [0.3, 0.4) is 0 Å². The van der Waals surface area contributed by atoms with Crippen molar-refractivity contribution in [2.75, 3.05) is 18.5 Å². The van der Waals surface area contributed by atoms with E-state index in [9.17, 15) is 0 Å². The molecule has 0 saturated heterocycles. The highest BCUT2D eigenvalue weighted by atomic mass is 127. The third-order valence-corrected chi connectivity index (χ3v) is 3.16. The van der Waals surface area contributed by atoms with Gasteiger partial charge in [-0.1, -0.05) is 24.3 Å². The highest BCUT2D eigenvalue weighted by Gasteiger charge is 1.98. The molecule has 2 aromatic rings. The smallest absolute Gasteiger partial charge is 0.193 e. The Morgan fingerprint density at radius 3 is 2.50 bits per heavy atom. The summed E-state index contributed by atoms with van der Waals surface area (Å²) in [6.07, 6.45) is 0. The van der Waals surface area contributed by atoms with E-state index in [4.69, 9.17) is 10.5 Å². The standard InChI is InChI=1S/C17H21N3O.HI/c1-13-8-9-15(12-14(13)2)20-17(18)19-10-11-21-16-6-4-3-5-7-16;/h3-9,12H,10-11H2,1-2H3,(H3,18,19,20);1H. The summed E-state index contributed by atoms with van der Waals surface area (Å²) in [6.45, 7) is 5.16. The van der Waals surface area contributed by atoms with Crippen molar-refractivity contribution >= 4 is 35.6 Å². The van der Waals surface area contributed by atoms with E-state index in [0.29, 0.717) is 19.1 Å². The first-order valence-corrected chi connectivity index (χ1v) is 6.97. The van der Waals surface area contributed by atoms with E-state index in [2.05, 4.69) is 36.3 Å². The van der Waals surface area contributed by atoms with Crippen molar-refractivity contribution in [1.29, 1.82) is 0 Å². The number of nitrogens with two attached hydrogens (primary N) is 1. The number of rotatable bonds is 5. The highest BCUT2D eigenvalue weighted by molar-refractivity contribution is 14.0. The zero-order valence-electron chi connectivity index (χ0n) is 12.9. The van der Waals surface area contributed by atoms with Crippen molar-refractivity contribution in [1.82, 2.24) is 0 Å². The molecule has 0 heterocycles. The Morgan fingerprint density at radius 2 is 1.82 bits per heavy atom. The first kappa shape index (κ1) is 18.3. The van der Waals surface area contributed by atoms with Gasteiger partial charge in [0.05, 0.1) is 6.54 Å². The van der Waals surface area contributed by atoms with Crippen LogP contribution in [0.15, 0.2) is 53.5 Å². The summed E-state index contributed by atoms with van der Waals surface area (Å²) >= 11 is 0. The number of anilines is 1. The minimum atomic E-state index is 0. The number of benzene rings is 2. The number of aliphatic imine (C=N–C) groups is 1. The first-order valence-electron chi connectivity index (χ1n) is 6.97. The van der Waals surface area contributed by atoms with Crippen LogP contribution in [0.25, 0.3) is 0 Å². The predicted molar refractivity (Wildman–Crippen MR) is 103 cm³/mol. The number of halogens is 1. The molecule has 0 aliphatic rings. The molecule has 2 aromatic carbocycles. The minimum absolute atomic E-state index is 0. The van der Waals surface area contributed by atoms with Crippen molar-refractivity contribution in [2.45, 2.75) is 13.8 Å². The van der Waals surface area contributed by atoms with Gasteiger partial charge in [-0.05, 0) is 49.2 Å². The zero-order valence-corrected chi connectivity index (χ0v) is 15.2. The van der Waals surface area contributed by atoms with E-state index in [-0.39, 0.29) is 24.0 Å². The van der Waals surface area contributed by atoms with Gasteiger partial charge in [-0.25, -0.2) is 4.99 Å². The molecule has 0 radical (unpaired) electrons. The van der Waals surface area contributed by atoms with Crippen molar-refractivity contribution in [3.8, 4) is 5.75 Å². The van der Waals surface area contributed by atoms with Gasteiger partial charge in [-0.15, -0.1) is 24.0 Å². The maximum Gasteiger partial charge on any atom is 0.193 e. The van der Waals surface area contributed by atoms with E-state index in [1.807, 2.05) is 36.4 Å². The fourth-order valence-corrected chi connectivity index (χ4v) is 1.85. The number of hydrogen-bond donors (Lipinski definition) is 2. The van der Waals surface area contributed by atoms with E-state index < -0.39 is 0 Å². The van der Waals surface area contributed by atoms with E-state index >= 15 is 0 Å². The second kappa shape index (κ2) is 9.30. The van der Waals surface area contributed by atoms with Gasteiger partial charge in [0.15, 0.2) is 5.96 Å². The van der Waals surface area contributed by atoms with E-state index in [1.54, 1.807) is 0 Å². The molecular weight excluding hydrogens is 389 g/mol.